The Morgan fingerprint density at radius 2 is 2.25 bits per heavy atom. The SMILES string of the molecule is Cc1ccc(C=O)nc1C(=O)O. The highest BCUT2D eigenvalue weighted by Crippen LogP contribution is 2.04. The van der Waals surface area contributed by atoms with Gasteiger partial charge >= 0.3 is 5.97 Å². The first-order chi connectivity index (χ1) is 5.65. The zero-order valence-electron chi connectivity index (χ0n) is 6.44. The molecule has 0 aliphatic heterocycles. The quantitative estimate of drug-likeness (QED) is 0.661. The molecular formula is C8H7NO3. The molecule has 4 nitrogen and oxygen atoms in total. The van der Waals surface area contributed by atoms with Gasteiger partial charge < -0.3 is 5.11 Å². The van der Waals surface area contributed by atoms with Gasteiger partial charge in [0.25, 0.3) is 0 Å². The first-order valence-corrected chi connectivity index (χ1v) is 3.31. The van der Waals surface area contributed by atoms with Crippen LogP contribution in [0.25, 0.3) is 0 Å². The summed E-state index contributed by atoms with van der Waals surface area (Å²) in [5.74, 6) is -1.11. The average Bonchev–Trinajstić information content (AvgIpc) is 2.05. The van der Waals surface area contributed by atoms with Crippen LogP contribution in [-0.2, 0) is 0 Å². The van der Waals surface area contributed by atoms with E-state index in [4.69, 9.17) is 5.11 Å². The zero-order chi connectivity index (χ0) is 9.14. The summed E-state index contributed by atoms with van der Waals surface area (Å²) in [4.78, 5) is 24.4. The minimum Gasteiger partial charge on any atom is -0.477 e. The molecular weight excluding hydrogens is 158 g/mol. The van der Waals surface area contributed by atoms with Crippen molar-refractivity contribution in [1.82, 2.24) is 4.98 Å². The van der Waals surface area contributed by atoms with Crippen molar-refractivity contribution >= 4 is 12.3 Å². The van der Waals surface area contributed by atoms with Gasteiger partial charge in [0.05, 0.1) is 0 Å². The number of aromatic nitrogens is 1. The maximum Gasteiger partial charge on any atom is 0.354 e. The van der Waals surface area contributed by atoms with Gasteiger partial charge in [-0.25, -0.2) is 9.78 Å². The lowest BCUT2D eigenvalue weighted by atomic mass is 10.2. The second kappa shape index (κ2) is 3.13. The van der Waals surface area contributed by atoms with Crippen LogP contribution in [-0.4, -0.2) is 22.3 Å². The number of aldehydes is 1. The van der Waals surface area contributed by atoms with Crippen LogP contribution >= 0.6 is 0 Å². The Labute approximate surface area is 68.9 Å². The Morgan fingerprint density at radius 1 is 1.58 bits per heavy atom. The number of aromatic carboxylic acids is 1. The molecule has 0 aliphatic carbocycles. The molecule has 0 spiro atoms. The summed E-state index contributed by atoms with van der Waals surface area (Å²) < 4.78 is 0. The van der Waals surface area contributed by atoms with Gasteiger partial charge in [-0.2, -0.15) is 0 Å². The largest absolute Gasteiger partial charge is 0.477 e. The second-order valence-corrected chi connectivity index (χ2v) is 2.32. The van der Waals surface area contributed by atoms with E-state index in [0.717, 1.165) is 0 Å². The first-order valence-electron chi connectivity index (χ1n) is 3.31. The molecule has 1 N–H and O–H groups in total. The monoisotopic (exact) mass is 165 g/mol. The van der Waals surface area contributed by atoms with Crippen LogP contribution < -0.4 is 0 Å². The van der Waals surface area contributed by atoms with Crippen LogP contribution in [0, 0.1) is 6.92 Å². The van der Waals surface area contributed by atoms with Crippen LogP contribution in [0.3, 0.4) is 0 Å². The van der Waals surface area contributed by atoms with Gasteiger partial charge in [-0.3, -0.25) is 4.79 Å². The molecule has 0 radical (unpaired) electrons. The van der Waals surface area contributed by atoms with Gasteiger partial charge in [-0.1, -0.05) is 6.07 Å². The third-order valence-corrected chi connectivity index (χ3v) is 1.44. The number of rotatable bonds is 2. The molecule has 0 aliphatic rings. The van der Waals surface area contributed by atoms with Crippen molar-refractivity contribution in [2.75, 3.05) is 0 Å². The molecule has 4 heteroatoms. The van der Waals surface area contributed by atoms with E-state index < -0.39 is 5.97 Å². The number of hydrogen-bond acceptors (Lipinski definition) is 3. The Hall–Kier alpha value is -1.71. The minimum atomic E-state index is -1.11. The second-order valence-electron chi connectivity index (χ2n) is 2.32. The minimum absolute atomic E-state index is 0.0698. The van der Waals surface area contributed by atoms with Crippen molar-refractivity contribution in [3.63, 3.8) is 0 Å². The standard InChI is InChI=1S/C8H7NO3/c1-5-2-3-6(4-10)9-7(5)8(11)12/h2-4H,1H3,(H,11,12). The number of carboxylic acids is 1. The topological polar surface area (TPSA) is 67.3 Å². The van der Waals surface area contributed by atoms with Crippen molar-refractivity contribution in [2.24, 2.45) is 0 Å². The van der Waals surface area contributed by atoms with Crippen molar-refractivity contribution in [3.05, 3.63) is 29.1 Å². The van der Waals surface area contributed by atoms with E-state index in [1.165, 1.54) is 6.07 Å². The summed E-state index contributed by atoms with van der Waals surface area (Å²) in [6.45, 7) is 1.63. The lowest BCUT2D eigenvalue weighted by Gasteiger charge is -1.98. The summed E-state index contributed by atoms with van der Waals surface area (Å²) in [5.41, 5.74) is 0.616. The Morgan fingerprint density at radius 3 is 2.75 bits per heavy atom. The van der Waals surface area contributed by atoms with Gasteiger partial charge in [0.2, 0.25) is 0 Å². The molecule has 62 valence electrons. The summed E-state index contributed by atoms with van der Waals surface area (Å²) in [7, 11) is 0. The third kappa shape index (κ3) is 1.47. The van der Waals surface area contributed by atoms with Crippen LogP contribution in [0.1, 0.15) is 26.5 Å². The molecule has 0 amide bonds. The predicted octanol–water partition coefficient (Wildman–Crippen LogP) is 0.901. The molecule has 1 rings (SSSR count). The van der Waals surface area contributed by atoms with Crippen LogP contribution in [0.2, 0.25) is 0 Å². The summed E-state index contributed by atoms with van der Waals surface area (Å²) in [5, 5.41) is 8.61. The number of carbonyl (C=O) groups excluding carboxylic acids is 1. The number of pyridine rings is 1. The van der Waals surface area contributed by atoms with E-state index >= 15 is 0 Å². The lowest BCUT2D eigenvalue weighted by Crippen LogP contribution is -2.05. The number of nitrogens with zero attached hydrogens (tertiary/aromatic N) is 1. The summed E-state index contributed by atoms with van der Waals surface area (Å²) in [6, 6.07) is 3.04. The average molecular weight is 165 g/mol. The molecule has 12 heavy (non-hydrogen) atoms. The molecule has 1 aromatic rings. The molecule has 0 atom stereocenters. The summed E-state index contributed by atoms with van der Waals surface area (Å²) >= 11 is 0. The molecule has 0 aromatic carbocycles. The molecule has 1 heterocycles. The first kappa shape index (κ1) is 8.39. The zero-order valence-corrected chi connectivity index (χ0v) is 6.44. The van der Waals surface area contributed by atoms with E-state index in [-0.39, 0.29) is 11.4 Å². The smallest absolute Gasteiger partial charge is 0.354 e. The Balaban J connectivity index is 3.25. The highest BCUT2D eigenvalue weighted by molar-refractivity contribution is 5.88. The fraction of sp³-hybridized carbons (Fsp3) is 0.125. The fourth-order valence-corrected chi connectivity index (χ4v) is 0.826. The number of hydrogen-bond donors (Lipinski definition) is 1. The van der Waals surface area contributed by atoms with E-state index in [9.17, 15) is 9.59 Å². The van der Waals surface area contributed by atoms with Crippen LogP contribution in [0.4, 0.5) is 0 Å². The molecule has 0 unspecified atom stereocenters. The fourth-order valence-electron chi connectivity index (χ4n) is 0.826. The van der Waals surface area contributed by atoms with Crippen LogP contribution in [0.15, 0.2) is 12.1 Å². The molecule has 0 fully saturated rings. The van der Waals surface area contributed by atoms with E-state index in [2.05, 4.69) is 4.98 Å². The van der Waals surface area contributed by atoms with Crippen molar-refractivity contribution < 1.29 is 14.7 Å². The third-order valence-electron chi connectivity index (χ3n) is 1.44. The molecule has 0 saturated carbocycles. The van der Waals surface area contributed by atoms with Gasteiger partial charge in [0.1, 0.15) is 5.69 Å². The Kier molecular flexibility index (Phi) is 2.19. The highest BCUT2D eigenvalue weighted by atomic mass is 16.4. The van der Waals surface area contributed by atoms with Gasteiger partial charge in [-0.05, 0) is 18.6 Å². The lowest BCUT2D eigenvalue weighted by molar-refractivity contribution is 0.0689. The van der Waals surface area contributed by atoms with Gasteiger partial charge in [0, 0.05) is 0 Å². The van der Waals surface area contributed by atoms with E-state index in [1.807, 2.05) is 0 Å². The van der Waals surface area contributed by atoms with Crippen molar-refractivity contribution in [2.45, 2.75) is 6.92 Å². The van der Waals surface area contributed by atoms with Crippen molar-refractivity contribution in [1.29, 1.82) is 0 Å². The predicted molar refractivity (Wildman–Crippen MR) is 41.3 cm³/mol. The van der Waals surface area contributed by atoms with Gasteiger partial charge in [0.15, 0.2) is 12.0 Å². The van der Waals surface area contributed by atoms with Gasteiger partial charge in [-0.15, -0.1) is 0 Å². The van der Waals surface area contributed by atoms with Crippen molar-refractivity contribution in [3.8, 4) is 0 Å². The van der Waals surface area contributed by atoms with E-state index in [1.54, 1.807) is 13.0 Å². The molecule has 0 saturated heterocycles. The Bertz CT molecular complexity index is 333. The van der Waals surface area contributed by atoms with Crippen LogP contribution in [0.5, 0.6) is 0 Å². The number of aryl methyl sites for hydroxylation is 1. The summed E-state index contributed by atoms with van der Waals surface area (Å²) in [6.07, 6.45) is 0.520. The number of carbonyl (C=O) groups is 2. The number of carboxylic acid groups (broad SMARTS) is 1. The highest BCUT2D eigenvalue weighted by Gasteiger charge is 2.08. The van der Waals surface area contributed by atoms with E-state index in [0.29, 0.717) is 11.8 Å². The normalized spacial score (nSPS) is 9.42. The maximum atomic E-state index is 10.5. The maximum absolute atomic E-state index is 10.5. The molecule has 0 bridgehead atoms. The molecule has 1 aromatic heterocycles.